The molecular formula is C29H28N2O6. The minimum atomic E-state index is -1.15. The van der Waals surface area contributed by atoms with E-state index in [1.807, 2.05) is 30.3 Å². The third-order valence-corrected chi connectivity index (χ3v) is 6.86. The summed E-state index contributed by atoms with van der Waals surface area (Å²) in [5.74, 6) is -1.72. The van der Waals surface area contributed by atoms with E-state index in [1.54, 1.807) is 25.5 Å². The number of carboxylic acids is 1. The Hall–Kier alpha value is -4.33. The number of aliphatic carboxylic acids is 1. The van der Waals surface area contributed by atoms with Gasteiger partial charge >= 0.3 is 11.6 Å². The number of H-pyrrole nitrogens is 1. The minimum Gasteiger partial charge on any atom is -0.480 e. The molecule has 3 N–H and O–H groups in total. The number of aryl methyl sites for hydroxylation is 1. The van der Waals surface area contributed by atoms with Crippen LogP contribution in [0.4, 0.5) is 0 Å². The molecule has 0 spiro atoms. The van der Waals surface area contributed by atoms with E-state index in [-0.39, 0.29) is 23.8 Å². The molecule has 37 heavy (non-hydrogen) atoms. The fraction of sp³-hybridized carbons (Fsp3) is 0.276. The Morgan fingerprint density at radius 1 is 1.08 bits per heavy atom. The van der Waals surface area contributed by atoms with Crippen LogP contribution in [0.1, 0.15) is 43.0 Å². The number of hydrogen-bond acceptors (Lipinski definition) is 5. The fourth-order valence-electron chi connectivity index (χ4n) is 4.82. The monoisotopic (exact) mass is 500 g/mol. The molecule has 190 valence electrons. The quantitative estimate of drug-likeness (QED) is 0.282. The van der Waals surface area contributed by atoms with E-state index in [1.165, 1.54) is 0 Å². The Morgan fingerprint density at radius 3 is 2.57 bits per heavy atom. The van der Waals surface area contributed by atoms with E-state index in [9.17, 15) is 19.5 Å². The van der Waals surface area contributed by atoms with E-state index >= 15 is 0 Å². The first-order valence-corrected chi connectivity index (χ1v) is 12.1. The van der Waals surface area contributed by atoms with Crippen LogP contribution in [-0.2, 0) is 27.8 Å². The highest BCUT2D eigenvalue weighted by molar-refractivity contribution is 5.97. The van der Waals surface area contributed by atoms with Gasteiger partial charge in [0.25, 0.3) is 0 Å². The summed E-state index contributed by atoms with van der Waals surface area (Å²) in [6, 6.07) is 10.0. The van der Waals surface area contributed by atoms with Gasteiger partial charge in [0, 0.05) is 45.9 Å². The van der Waals surface area contributed by atoms with Gasteiger partial charge in [0.2, 0.25) is 5.91 Å². The van der Waals surface area contributed by atoms with Crippen LogP contribution in [0, 0.1) is 6.92 Å². The van der Waals surface area contributed by atoms with Gasteiger partial charge in [-0.25, -0.2) is 9.59 Å². The number of carboxylic acid groups (broad SMARTS) is 1. The van der Waals surface area contributed by atoms with Crippen molar-refractivity contribution in [2.45, 2.75) is 52.0 Å². The highest BCUT2D eigenvalue weighted by Crippen LogP contribution is 2.35. The van der Waals surface area contributed by atoms with Crippen molar-refractivity contribution >= 4 is 44.7 Å². The zero-order valence-corrected chi connectivity index (χ0v) is 21.1. The first-order chi connectivity index (χ1) is 17.5. The molecule has 8 heteroatoms. The van der Waals surface area contributed by atoms with Gasteiger partial charge in [-0.2, -0.15) is 0 Å². The second kappa shape index (κ2) is 8.96. The third kappa shape index (κ3) is 4.50. The maximum Gasteiger partial charge on any atom is 0.340 e. The predicted molar refractivity (Wildman–Crippen MR) is 141 cm³/mol. The third-order valence-electron chi connectivity index (χ3n) is 6.86. The predicted octanol–water partition coefficient (Wildman–Crippen LogP) is 4.98. The number of aromatic amines is 1. The molecule has 0 radical (unpaired) electrons. The molecule has 3 aromatic heterocycles. The molecular weight excluding hydrogens is 472 g/mol. The van der Waals surface area contributed by atoms with Crippen LogP contribution in [-0.4, -0.2) is 28.0 Å². The number of carbonyl (C=O) groups is 2. The number of para-hydroxylation sites is 1. The van der Waals surface area contributed by atoms with Crippen LogP contribution in [0.2, 0.25) is 0 Å². The summed E-state index contributed by atoms with van der Waals surface area (Å²) in [7, 11) is 0. The van der Waals surface area contributed by atoms with Crippen molar-refractivity contribution in [2.24, 2.45) is 0 Å². The first-order valence-electron chi connectivity index (χ1n) is 12.1. The van der Waals surface area contributed by atoms with Crippen molar-refractivity contribution in [3.05, 3.63) is 81.5 Å². The maximum absolute atomic E-state index is 12.9. The lowest BCUT2D eigenvalue weighted by Crippen LogP contribution is -2.43. The summed E-state index contributed by atoms with van der Waals surface area (Å²) in [6.45, 7) is 8.03. The van der Waals surface area contributed by atoms with Gasteiger partial charge in [0.05, 0.1) is 18.2 Å². The molecule has 0 aliphatic heterocycles. The van der Waals surface area contributed by atoms with E-state index in [0.29, 0.717) is 22.1 Å². The number of furan rings is 1. The topological polar surface area (TPSA) is 126 Å². The first kappa shape index (κ1) is 24.4. The Kier molecular flexibility index (Phi) is 5.90. The lowest BCUT2D eigenvalue weighted by Gasteiger charge is -2.17. The highest BCUT2D eigenvalue weighted by Gasteiger charge is 2.25. The summed E-state index contributed by atoms with van der Waals surface area (Å²) < 4.78 is 11.3. The number of aromatic nitrogens is 1. The minimum absolute atomic E-state index is 0.102. The molecule has 1 atom stereocenters. The number of fused-ring (bicyclic) bond motifs is 3. The van der Waals surface area contributed by atoms with Crippen molar-refractivity contribution in [3.8, 4) is 0 Å². The molecule has 3 heterocycles. The molecule has 5 aromatic rings. The van der Waals surface area contributed by atoms with Crippen LogP contribution in [0.3, 0.4) is 0 Å². The molecule has 0 fully saturated rings. The molecule has 2 aromatic carbocycles. The molecule has 0 aliphatic carbocycles. The number of nitrogens with one attached hydrogen (secondary N) is 2. The van der Waals surface area contributed by atoms with Crippen molar-refractivity contribution in [2.75, 3.05) is 0 Å². The van der Waals surface area contributed by atoms with Crippen LogP contribution >= 0.6 is 0 Å². The van der Waals surface area contributed by atoms with Crippen LogP contribution in [0.15, 0.2) is 62.5 Å². The molecule has 0 aliphatic rings. The zero-order chi connectivity index (χ0) is 26.5. The summed E-state index contributed by atoms with van der Waals surface area (Å²) in [5, 5.41) is 14.9. The van der Waals surface area contributed by atoms with Gasteiger partial charge in [-0.15, -0.1) is 0 Å². The second-order valence-electron chi connectivity index (χ2n) is 10.4. The molecule has 0 bridgehead atoms. The van der Waals surface area contributed by atoms with E-state index < -0.39 is 23.5 Å². The molecule has 0 saturated carbocycles. The lowest BCUT2D eigenvalue weighted by molar-refractivity contribution is -0.141. The van der Waals surface area contributed by atoms with Gasteiger partial charge in [-0.05, 0) is 35.6 Å². The van der Waals surface area contributed by atoms with Gasteiger partial charge in [0.1, 0.15) is 17.2 Å². The van der Waals surface area contributed by atoms with Gasteiger partial charge < -0.3 is 24.2 Å². The number of carbonyl (C=O) groups excluding carboxylic acids is 1. The second-order valence-corrected chi connectivity index (χ2v) is 10.4. The number of amides is 1. The normalized spacial score (nSPS) is 12.9. The van der Waals surface area contributed by atoms with Crippen LogP contribution in [0.25, 0.3) is 32.8 Å². The fourth-order valence-corrected chi connectivity index (χ4v) is 4.82. The summed E-state index contributed by atoms with van der Waals surface area (Å²) >= 11 is 0. The number of hydrogen-bond donors (Lipinski definition) is 3. The van der Waals surface area contributed by atoms with Gasteiger partial charge in [-0.3, -0.25) is 4.79 Å². The largest absolute Gasteiger partial charge is 0.480 e. The summed E-state index contributed by atoms with van der Waals surface area (Å²) in [6.07, 6.45) is 3.27. The Balaban J connectivity index is 1.44. The average Bonchev–Trinajstić information content (AvgIpc) is 3.44. The summed E-state index contributed by atoms with van der Waals surface area (Å²) in [4.78, 5) is 40.8. The van der Waals surface area contributed by atoms with Crippen molar-refractivity contribution < 1.29 is 23.5 Å². The SMILES string of the molecule is Cc1c(CC(=O)NC(Cc2c[nH]c3ccccc23)C(=O)O)c(=O)oc2cc3occ(C(C)(C)C)c3cc12. The van der Waals surface area contributed by atoms with E-state index in [2.05, 4.69) is 31.1 Å². The van der Waals surface area contributed by atoms with E-state index in [0.717, 1.165) is 27.4 Å². The molecule has 8 nitrogen and oxygen atoms in total. The maximum atomic E-state index is 12.9. The van der Waals surface area contributed by atoms with Crippen LogP contribution < -0.4 is 10.9 Å². The zero-order valence-electron chi connectivity index (χ0n) is 21.1. The smallest absolute Gasteiger partial charge is 0.340 e. The van der Waals surface area contributed by atoms with Crippen molar-refractivity contribution in [3.63, 3.8) is 0 Å². The van der Waals surface area contributed by atoms with Crippen molar-refractivity contribution in [1.82, 2.24) is 10.3 Å². The Labute approximate surface area is 212 Å². The number of rotatable bonds is 6. The van der Waals surface area contributed by atoms with E-state index in [4.69, 9.17) is 8.83 Å². The summed E-state index contributed by atoms with van der Waals surface area (Å²) in [5.41, 5.74) is 3.71. The van der Waals surface area contributed by atoms with Crippen LogP contribution in [0.5, 0.6) is 0 Å². The molecule has 5 rings (SSSR count). The van der Waals surface area contributed by atoms with Gasteiger partial charge in [0.15, 0.2) is 0 Å². The highest BCUT2D eigenvalue weighted by atomic mass is 16.4. The molecule has 1 amide bonds. The lowest BCUT2D eigenvalue weighted by atomic mass is 9.86. The number of benzene rings is 2. The molecule has 1 unspecified atom stereocenters. The molecule has 0 saturated heterocycles. The standard InChI is InChI=1S/C29H28N2O6/c1-15-18-10-20-21(29(2,3)4)14-36-24(20)12-25(18)37-28(35)19(15)11-26(32)31-23(27(33)34)9-16-13-30-22-8-6-5-7-17(16)22/h5-8,10,12-14,23,30H,9,11H2,1-4H3,(H,31,32)(H,33,34). The van der Waals surface area contributed by atoms with Crippen molar-refractivity contribution in [1.29, 1.82) is 0 Å². The Morgan fingerprint density at radius 2 is 1.84 bits per heavy atom. The Bertz CT molecular complexity index is 1730. The average molecular weight is 501 g/mol. The van der Waals surface area contributed by atoms with Gasteiger partial charge in [-0.1, -0.05) is 39.0 Å².